The Hall–Kier alpha value is -2.50. The Balaban J connectivity index is 1.97. The number of carboxylic acids is 1. The second-order valence-corrected chi connectivity index (χ2v) is 6.37. The quantitative estimate of drug-likeness (QED) is 0.671. The number of methoxy groups -OCH3 is 1. The number of aliphatic carboxylic acids is 1. The van der Waals surface area contributed by atoms with Gasteiger partial charge in [-0.05, 0) is 37.0 Å². The lowest BCUT2D eigenvalue weighted by molar-refractivity contribution is -0.139. The molecule has 1 amide bonds. The topological polar surface area (TPSA) is 84.9 Å². The average molecular weight is 347 g/mol. The van der Waals surface area contributed by atoms with Crippen LogP contribution in [0.4, 0.5) is 0 Å². The van der Waals surface area contributed by atoms with Crippen molar-refractivity contribution in [2.24, 2.45) is 0 Å². The molecule has 6 heteroatoms. The Morgan fingerprint density at radius 3 is 2.64 bits per heavy atom. The normalized spacial score (nSPS) is 15.4. The first-order chi connectivity index (χ1) is 12.0. The summed E-state index contributed by atoms with van der Waals surface area (Å²) in [7, 11) is 1.54. The maximum Gasteiger partial charge on any atom is 0.305 e. The zero-order valence-corrected chi connectivity index (χ0v) is 14.5. The summed E-state index contributed by atoms with van der Waals surface area (Å²) >= 11 is 0. The van der Waals surface area contributed by atoms with Crippen LogP contribution in [0.2, 0.25) is 0 Å². The highest BCUT2D eigenvalue weighted by Gasteiger charge is 2.37. The number of allylic oxidation sites excluding steroid dienone is 1. The van der Waals surface area contributed by atoms with Gasteiger partial charge >= 0.3 is 5.97 Å². The van der Waals surface area contributed by atoms with E-state index in [1.807, 2.05) is 12.1 Å². The van der Waals surface area contributed by atoms with Crippen LogP contribution >= 0.6 is 0 Å². The van der Waals surface area contributed by atoms with E-state index in [9.17, 15) is 9.59 Å². The summed E-state index contributed by atoms with van der Waals surface area (Å²) in [6.45, 7) is 3.52. The fourth-order valence-corrected chi connectivity index (χ4v) is 3.29. The lowest BCUT2D eigenvalue weighted by Gasteiger charge is -2.28. The van der Waals surface area contributed by atoms with Gasteiger partial charge in [-0.3, -0.25) is 9.59 Å². The minimum Gasteiger partial charge on any atom is -0.493 e. The molecule has 1 aromatic carbocycles. The SMILES string of the molecule is C=CCc1ccc(OCC(=O)NC2(CC(=O)O)CCCC2)c(OC)c1. The van der Waals surface area contributed by atoms with Crippen molar-refractivity contribution in [3.05, 3.63) is 36.4 Å². The molecule has 0 aliphatic heterocycles. The predicted octanol–water partition coefficient (Wildman–Crippen LogP) is 2.71. The molecule has 1 aromatic rings. The van der Waals surface area contributed by atoms with E-state index < -0.39 is 11.5 Å². The fourth-order valence-electron chi connectivity index (χ4n) is 3.29. The van der Waals surface area contributed by atoms with Crippen LogP contribution in [-0.2, 0) is 16.0 Å². The molecular formula is C19H25NO5. The molecular weight excluding hydrogens is 322 g/mol. The number of hydrogen-bond donors (Lipinski definition) is 2. The minimum atomic E-state index is -0.900. The number of amides is 1. The molecule has 0 aromatic heterocycles. The van der Waals surface area contributed by atoms with Crippen molar-refractivity contribution in [1.29, 1.82) is 0 Å². The van der Waals surface area contributed by atoms with Crippen molar-refractivity contribution in [2.45, 2.75) is 44.1 Å². The van der Waals surface area contributed by atoms with Gasteiger partial charge in [0, 0.05) is 0 Å². The highest BCUT2D eigenvalue weighted by molar-refractivity contribution is 5.79. The molecule has 2 N–H and O–H groups in total. The van der Waals surface area contributed by atoms with Crippen LogP contribution in [0.3, 0.4) is 0 Å². The van der Waals surface area contributed by atoms with E-state index in [4.69, 9.17) is 14.6 Å². The van der Waals surface area contributed by atoms with Crippen molar-refractivity contribution in [2.75, 3.05) is 13.7 Å². The maximum atomic E-state index is 12.2. The Bertz CT molecular complexity index is 635. The summed E-state index contributed by atoms with van der Waals surface area (Å²) in [6.07, 6.45) is 5.68. The number of carboxylic acid groups (broad SMARTS) is 1. The number of hydrogen-bond acceptors (Lipinski definition) is 4. The van der Waals surface area contributed by atoms with E-state index in [1.54, 1.807) is 19.3 Å². The molecule has 0 bridgehead atoms. The van der Waals surface area contributed by atoms with Gasteiger partial charge in [0.05, 0.1) is 19.1 Å². The van der Waals surface area contributed by atoms with Gasteiger partial charge in [-0.15, -0.1) is 6.58 Å². The summed E-state index contributed by atoms with van der Waals surface area (Å²) < 4.78 is 10.9. The Labute approximate surface area is 147 Å². The molecule has 0 saturated heterocycles. The fraction of sp³-hybridized carbons (Fsp3) is 0.474. The highest BCUT2D eigenvalue weighted by atomic mass is 16.5. The van der Waals surface area contributed by atoms with Crippen molar-refractivity contribution >= 4 is 11.9 Å². The second kappa shape index (κ2) is 8.55. The average Bonchev–Trinajstić information content (AvgIpc) is 3.00. The number of carbonyl (C=O) groups excluding carboxylic acids is 1. The summed E-state index contributed by atoms with van der Waals surface area (Å²) in [5, 5.41) is 12.0. The van der Waals surface area contributed by atoms with Crippen molar-refractivity contribution in [3.8, 4) is 11.5 Å². The third-order valence-electron chi connectivity index (χ3n) is 4.42. The van der Waals surface area contributed by atoms with Crippen LogP contribution < -0.4 is 14.8 Å². The molecule has 0 atom stereocenters. The summed E-state index contributed by atoms with van der Waals surface area (Å²) in [4.78, 5) is 23.3. The van der Waals surface area contributed by atoms with Gasteiger partial charge in [-0.1, -0.05) is 25.0 Å². The van der Waals surface area contributed by atoms with Gasteiger partial charge in [-0.2, -0.15) is 0 Å². The monoisotopic (exact) mass is 347 g/mol. The van der Waals surface area contributed by atoms with Gasteiger partial charge in [0.15, 0.2) is 18.1 Å². The molecule has 25 heavy (non-hydrogen) atoms. The largest absolute Gasteiger partial charge is 0.493 e. The van der Waals surface area contributed by atoms with E-state index in [2.05, 4.69) is 11.9 Å². The summed E-state index contributed by atoms with van der Waals surface area (Å²) in [5.74, 6) is -0.194. The van der Waals surface area contributed by atoms with Crippen LogP contribution in [0.25, 0.3) is 0 Å². The van der Waals surface area contributed by atoms with Crippen LogP contribution in [-0.4, -0.2) is 36.2 Å². The molecule has 0 unspecified atom stereocenters. The molecule has 1 aliphatic carbocycles. The summed E-state index contributed by atoms with van der Waals surface area (Å²) in [5.41, 5.74) is 0.388. The number of carbonyl (C=O) groups is 2. The maximum absolute atomic E-state index is 12.2. The molecule has 6 nitrogen and oxygen atoms in total. The van der Waals surface area contributed by atoms with E-state index in [0.29, 0.717) is 24.3 Å². The smallest absolute Gasteiger partial charge is 0.305 e. The first-order valence-corrected chi connectivity index (χ1v) is 8.41. The van der Waals surface area contributed by atoms with Gasteiger partial charge < -0.3 is 19.9 Å². The first kappa shape index (κ1) is 18.8. The van der Waals surface area contributed by atoms with E-state index in [1.165, 1.54) is 0 Å². The van der Waals surface area contributed by atoms with Crippen molar-refractivity contribution in [3.63, 3.8) is 0 Å². The number of ether oxygens (including phenoxy) is 2. The van der Waals surface area contributed by atoms with E-state index >= 15 is 0 Å². The van der Waals surface area contributed by atoms with Crippen LogP contribution in [0, 0.1) is 0 Å². The standard InChI is InChI=1S/C19H25NO5/c1-3-6-14-7-8-15(16(11-14)24-2)25-13-17(21)20-19(12-18(22)23)9-4-5-10-19/h3,7-8,11H,1,4-6,9-10,12-13H2,2H3,(H,20,21)(H,22,23). The molecule has 0 spiro atoms. The summed E-state index contributed by atoms with van der Waals surface area (Å²) in [6, 6.07) is 5.49. The molecule has 0 heterocycles. The van der Waals surface area contributed by atoms with Gasteiger partial charge in [0.25, 0.3) is 5.91 Å². The first-order valence-electron chi connectivity index (χ1n) is 8.41. The Kier molecular flexibility index (Phi) is 6.44. The molecule has 1 fully saturated rings. The Morgan fingerprint density at radius 1 is 1.32 bits per heavy atom. The zero-order chi connectivity index (χ0) is 18.3. The van der Waals surface area contributed by atoms with Gasteiger partial charge in [-0.25, -0.2) is 0 Å². The van der Waals surface area contributed by atoms with Crippen molar-refractivity contribution in [1.82, 2.24) is 5.32 Å². The van der Waals surface area contributed by atoms with Gasteiger partial charge in [0.1, 0.15) is 0 Å². The third-order valence-corrected chi connectivity index (χ3v) is 4.42. The predicted molar refractivity (Wildman–Crippen MR) is 94.0 cm³/mol. The van der Waals surface area contributed by atoms with Crippen LogP contribution in [0.1, 0.15) is 37.7 Å². The number of rotatable bonds is 9. The molecule has 1 saturated carbocycles. The second-order valence-electron chi connectivity index (χ2n) is 6.37. The minimum absolute atomic E-state index is 0.0572. The van der Waals surface area contributed by atoms with Crippen LogP contribution in [0.15, 0.2) is 30.9 Å². The lowest BCUT2D eigenvalue weighted by atomic mass is 9.93. The molecule has 1 aliphatic rings. The molecule has 136 valence electrons. The molecule has 0 radical (unpaired) electrons. The zero-order valence-electron chi connectivity index (χ0n) is 14.5. The van der Waals surface area contributed by atoms with Crippen LogP contribution in [0.5, 0.6) is 11.5 Å². The van der Waals surface area contributed by atoms with Crippen molar-refractivity contribution < 1.29 is 24.2 Å². The lowest BCUT2D eigenvalue weighted by Crippen LogP contribution is -2.49. The molecule has 2 rings (SSSR count). The van der Waals surface area contributed by atoms with E-state index in [-0.39, 0.29) is 18.9 Å². The van der Waals surface area contributed by atoms with E-state index in [0.717, 1.165) is 24.8 Å². The highest BCUT2D eigenvalue weighted by Crippen LogP contribution is 2.33. The Morgan fingerprint density at radius 2 is 2.04 bits per heavy atom. The number of nitrogens with one attached hydrogen (secondary N) is 1. The third kappa shape index (κ3) is 5.24. The number of benzene rings is 1. The van der Waals surface area contributed by atoms with Gasteiger partial charge in [0.2, 0.25) is 0 Å².